The predicted octanol–water partition coefficient (Wildman–Crippen LogP) is 2.55. The zero-order chi connectivity index (χ0) is 8.10. The molecule has 11 heavy (non-hydrogen) atoms. The van der Waals surface area contributed by atoms with Crippen LogP contribution in [0.2, 0.25) is 6.04 Å². The number of rotatable bonds is 3. The van der Waals surface area contributed by atoms with Crippen molar-refractivity contribution in [3.05, 3.63) is 35.4 Å². The Morgan fingerprint density at radius 2 is 1.64 bits per heavy atom. The molecule has 0 nitrogen and oxygen atoms in total. The normalized spacial score (nSPS) is 10.0. The van der Waals surface area contributed by atoms with Crippen molar-refractivity contribution in [3.8, 4) is 0 Å². The minimum absolute atomic E-state index is 0.605. The van der Waals surface area contributed by atoms with Gasteiger partial charge in [0.25, 0.3) is 0 Å². The van der Waals surface area contributed by atoms with Gasteiger partial charge in [-0.2, -0.15) is 0 Å². The Bertz CT molecular complexity index is 205. The summed E-state index contributed by atoms with van der Waals surface area (Å²) in [5, 5.41) is 0. The van der Waals surface area contributed by atoms with E-state index in [0.29, 0.717) is 5.88 Å². The molecule has 0 saturated carbocycles. The molecule has 0 aliphatic carbocycles. The summed E-state index contributed by atoms with van der Waals surface area (Å²) in [5.41, 5.74) is 2.54. The maximum Gasteiger partial charge on any atom is 0.0474 e. The van der Waals surface area contributed by atoms with Crippen LogP contribution in [0.3, 0.4) is 0 Å². The van der Waals surface area contributed by atoms with Crippen LogP contribution in [0.4, 0.5) is 0 Å². The van der Waals surface area contributed by atoms with E-state index in [0.717, 1.165) is 12.5 Å². The first-order chi connectivity index (χ1) is 5.36. The van der Waals surface area contributed by atoms with E-state index in [9.17, 15) is 0 Å². The summed E-state index contributed by atoms with van der Waals surface area (Å²) in [6.07, 6.45) is 1.08. The van der Waals surface area contributed by atoms with Crippen molar-refractivity contribution in [2.24, 2.45) is 0 Å². The lowest BCUT2D eigenvalue weighted by Gasteiger charge is -1.98. The van der Waals surface area contributed by atoms with E-state index < -0.39 is 0 Å². The molecule has 0 heterocycles. The molecule has 0 aliphatic rings. The molecular formula is C9H10ClSi. The molecule has 0 N–H and O–H groups in total. The molecule has 3 radical (unpaired) electrons. The number of hydrogen-bond donors (Lipinski definition) is 0. The first-order valence-electron chi connectivity index (χ1n) is 3.65. The third kappa shape index (κ3) is 2.68. The second-order valence-corrected chi connectivity index (χ2v) is 3.22. The van der Waals surface area contributed by atoms with Crippen LogP contribution >= 0.6 is 11.6 Å². The van der Waals surface area contributed by atoms with Crippen LogP contribution in [-0.4, -0.2) is 10.2 Å². The third-order valence-corrected chi connectivity index (χ3v) is 2.15. The molecule has 0 saturated heterocycles. The zero-order valence-electron chi connectivity index (χ0n) is 6.31. The van der Waals surface area contributed by atoms with Crippen molar-refractivity contribution in [2.75, 3.05) is 0 Å². The highest BCUT2D eigenvalue weighted by Crippen LogP contribution is 2.07. The second kappa shape index (κ2) is 4.57. The molecule has 57 valence electrons. The molecule has 1 rings (SSSR count). The number of benzene rings is 1. The van der Waals surface area contributed by atoms with Crippen molar-refractivity contribution in [1.29, 1.82) is 0 Å². The van der Waals surface area contributed by atoms with Gasteiger partial charge in [-0.3, -0.25) is 0 Å². The second-order valence-electron chi connectivity index (χ2n) is 2.45. The van der Waals surface area contributed by atoms with E-state index >= 15 is 0 Å². The van der Waals surface area contributed by atoms with Crippen LogP contribution in [0, 0.1) is 0 Å². The van der Waals surface area contributed by atoms with E-state index in [1.54, 1.807) is 0 Å². The van der Waals surface area contributed by atoms with Gasteiger partial charge in [-0.25, -0.2) is 0 Å². The van der Waals surface area contributed by atoms with Crippen LogP contribution in [0.1, 0.15) is 11.1 Å². The van der Waals surface area contributed by atoms with Crippen molar-refractivity contribution in [3.63, 3.8) is 0 Å². The Labute approximate surface area is 76.0 Å². The molecule has 0 atom stereocenters. The summed E-state index contributed by atoms with van der Waals surface area (Å²) < 4.78 is 0. The molecule has 2 heteroatoms. The first-order valence-corrected chi connectivity index (χ1v) is 4.89. The first kappa shape index (κ1) is 8.82. The molecule has 0 amide bonds. The van der Waals surface area contributed by atoms with Gasteiger partial charge in [-0.15, -0.1) is 11.6 Å². The highest BCUT2D eigenvalue weighted by atomic mass is 35.5. The lowest BCUT2D eigenvalue weighted by molar-refractivity contribution is 1.13. The van der Waals surface area contributed by atoms with Gasteiger partial charge < -0.3 is 0 Å². The number of hydrogen-bond acceptors (Lipinski definition) is 0. The Hall–Kier alpha value is -0.273. The van der Waals surface area contributed by atoms with Gasteiger partial charge in [0.05, 0.1) is 0 Å². The number of alkyl halides is 1. The smallest absolute Gasteiger partial charge is 0.0474 e. The largest absolute Gasteiger partial charge is 0.122 e. The third-order valence-electron chi connectivity index (χ3n) is 1.59. The molecule has 0 aliphatic heterocycles. The Morgan fingerprint density at radius 3 is 2.09 bits per heavy atom. The Balaban J connectivity index is 2.66. The van der Waals surface area contributed by atoms with Gasteiger partial charge in [0.2, 0.25) is 0 Å². The zero-order valence-corrected chi connectivity index (χ0v) is 8.06. The lowest BCUT2D eigenvalue weighted by Crippen LogP contribution is -1.84. The van der Waals surface area contributed by atoms with E-state index in [1.807, 2.05) is 0 Å². The minimum Gasteiger partial charge on any atom is -0.122 e. The van der Waals surface area contributed by atoms with Gasteiger partial charge in [-0.1, -0.05) is 30.3 Å². The summed E-state index contributed by atoms with van der Waals surface area (Å²) in [5.74, 6) is 0.605. The molecule has 0 spiro atoms. The fourth-order valence-corrected chi connectivity index (χ4v) is 1.41. The van der Waals surface area contributed by atoms with Crippen LogP contribution < -0.4 is 0 Å². The molecule has 1 aromatic rings. The van der Waals surface area contributed by atoms with E-state index in [-0.39, 0.29) is 0 Å². The average Bonchev–Trinajstić information content (AvgIpc) is 2.07. The van der Waals surface area contributed by atoms with E-state index in [1.165, 1.54) is 11.1 Å². The summed E-state index contributed by atoms with van der Waals surface area (Å²) in [6.45, 7) is 0. The minimum atomic E-state index is 0.605. The van der Waals surface area contributed by atoms with E-state index in [4.69, 9.17) is 11.6 Å². The van der Waals surface area contributed by atoms with Gasteiger partial charge in [-0.05, 0) is 17.5 Å². The van der Waals surface area contributed by atoms with Gasteiger partial charge in [0.1, 0.15) is 0 Å². The molecule has 0 aromatic heterocycles. The summed E-state index contributed by atoms with van der Waals surface area (Å²) in [7, 11) is 3.44. The van der Waals surface area contributed by atoms with Crippen LogP contribution in [0.15, 0.2) is 24.3 Å². The van der Waals surface area contributed by atoms with Crippen molar-refractivity contribution in [2.45, 2.75) is 18.3 Å². The predicted molar refractivity (Wildman–Crippen MR) is 50.3 cm³/mol. The topological polar surface area (TPSA) is 0 Å². The van der Waals surface area contributed by atoms with Crippen LogP contribution in [0.25, 0.3) is 0 Å². The van der Waals surface area contributed by atoms with Crippen molar-refractivity contribution < 1.29 is 0 Å². The maximum atomic E-state index is 5.65. The van der Waals surface area contributed by atoms with E-state index in [2.05, 4.69) is 34.5 Å². The fraction of sp³-hybridized carbons (Fsp3) is 0.333. The van der Waals surface area contributed by atoms with Crippen molar-refractivity contribution >= 4 is 21.8 Å². The van der Waals surface area contributed by atoms with Crippen molar-refractivity contribution in [1.82, 2.24) is 0 Å². The molecule has 0 fully saturated rings. The van der Waals surface area contributed by atoms with Gasteiger partial charge >= 0.3 is 0 Å². The summed E-state index contributed by atoms with van der Waals surface area (Å²) >= 11 is 5.65. The van der Waals surface area contributed by atoms with Gasteiger partial charge in [0, 0.05) is 16.1 Å². The van der Waals surface area contributed by atoms with Crippen LogP contribution in [0.5, 0.6) is 0 Å². The van der Waals surface area contributed by atoms with Gasteiger partial charge in [0.15, 0.2) is 0 Å². The standard InChI is InChI=1S/C9H10ClSi/c10-7-9-3-1-8(2-4-9)5-6-11/h1-4H,5-7H2. The maximum absolute atomic E-state index is 5.65. The molecule has 0 unspecified atom stereocenters. The molecule has 1 aromatic carbocycles. The number of halogens is 1. The average molecular weight is 182 g/mol. The monoisotopic (exact) mass is 181 g/mol. The molecule has 0 bridgehead atoms. The highest BCUT2D eigenvalue weighted by molar-refractivity contribution is 6.17. The lowest BCUT2D eigenvalue weighted by atomic mass is 10.1. The SMILES string of the molecule is [Si]CCc1ccc(CCl)cc1. The summed E-state index contributed by atoms with van der Waals surface area (Å²) in [4.78, 5) is 0. The number of aryl methyl sites for hydroxylation is 1. The Morgan fingerprint density at radius 1 is 1.09 bits per heavy atom. The highest BCUT2D eigenvalue weighted by Gasteiger charge is 1.91. The fourth-order valence-electron chi connectivity index (χ4n) is 0.939. The van der Waals surface area contributed by atoms with Crippen LogP contribution in [-0.2, 0) is 12.3 Å². The molecular weight excluding hydrogens is 172 g/mol. The summed E-state index contributed by atoms with van der Waals surface area (Å²) in [6, 6.07) is 9.41. The quantitative estimate of drug-likeness (QED) is 0.497. The Kier molecular flexibility index (Phi) is 3.67.